The highest BCUT2D eigenvalue weighted by Gasteiger charge is 2.40. The van der Waals surface area contributed by atoms with Gasteiger partial charge in [0.1, 0.15) is 17.5 Å². The van der Waals surface area contributed by atoms with Gasteiger partial charge in [-0.2, -0.15) is 5.06 Å². The molecule has 0 aliphatic carbocycles. The molecule has 27 heavy (non-hydrogen) atoms. The van der Waals surface area contributed by atoms with Crippen molar-refractivity contribution in [3.8, 4) is 11.5 Å². The van der Waals surface area contributed by atoms with Crippen LogP contribution in [0.25, 0.3) is 10.9 Å². The van der Waals surface area contributed by atoms with Crippen LogP contribution in [0.2, 0.25) is 0 Å². The summed E-state index contributed by atoms with van der Waals surface area (Å²) in [7, 11) is 2.98. The predicted octanol–water partition coefficient (Wildman–Crippen LogP) is 3.53. The Morgan fingerprint density at radius 2 is 1.74 bits per heavy atom. The predicted molar refractivity (Wildman–Crippen MR) is 97.6 cm³/mol. The van der Waals surface area contributed by atoms with Crippen LogP contribution in [0.3, 0.4) is 0 Å². The van der Waals surface area contributed by atoms with Crippen molar-refractivity contribution in [3.63, 3.8) is 0 Å². The van der Waals surface area contributed by atoms with Crippen molar-refractivity contribution in [1.82, 2.24) is 9.63 Å². The first kappa shape index (κ1) is 17.1. The van der Waals surface area contributed by atoms with Crippen LogP contribution in [0.4, 0.5) is 4.79 Å². The Balaban J connectivity index is 1.59. The lowest BCUT2D eigenvalue weighted by Gasteiger charge is -2.20. The topological polar surface area (TPSA) is 70.0 Å². The highest BCUT2D eigenvalue weighted by molar-refractivity contribution is 5.95. The molecule has 0 fully saturated rings. The van der Waals surface area contributed by atoms with Crippen molar-refractivity contribution in [2.45, 2.75) is 12.5 Å². The Labute approximate surface area is 155 Å². The molecule has 1 aliphatic rings. The Bertz CT molecular complexity index is 1010. The number of hydrogen-bond acceptors (Lipinski definition) is 5. The van der Waals surface area contributed by atoms with E-state index in [1.54, 1.807) is 35.9 Å². The summed E-state index contributed by atoms with van der Waals surface area (Å²) in [4.78, 5) is 30.4. The van der Waals surface area contributed by atoms with E-state index < -0.39 is 12.0 Å². The van der Waals surface area contributed by atoms with E-state index in [0.29, 0.717) is 17.2 Å². The van der Waals surface area contributed by atoms with Gasteiger partial charge in [0.25, 0.3) is 0 Å². The quantitative estimate of drug-likeness (QED) is 0.510. The number of amides is 1. The fraction of sp³-hybridized carbons (Fsp3) is 0.200. The van der Waals surface area contributed by atoms with Gasteiger partial charge in [0.2, 0.25) is 0 Å². The van der Waals surface area contributed by atoms with Gasteiger partial charge in [0.05, 0.1) is 31.9 Å². The smallest absolute Gasteiger partial charge is 0.353 e. The highest BCUT2D eigenvalue weighted by atomic mass is 16.7. The molecule has 138 valence electrons. The van der Waals surface area contributed by atoms with Crippen LogP contribution >= 0.6 is 0 Å². The first-order valence-corrected chi connectivity index (χ1v) is 8.45. The molecule has 7 heteroatoms. The van der Waals surface area contributed by atoms with Crippen molar-refractivity contribution in [2.24, 2.45) is 0 Å². The molecule has 1 aliphatic heterocycles. The number of fused-ring (bicyclic) bond motifs is 3. The largest absolute Gasteiger partial charge is 0.497 e. The summed E-state index contributed by atoms with van der Waals surface area (Å²) in [5.74, 6) is 0.625. The van der Waals surface area contributed by atoms with Gasteiger partial charge in [0.15, 0.2) is 0 Å². The average Bonchev–Trinajstić information content (AvgIpc) is 3.18. The van der Waals surface area contributed by atoms with Crippen molar-refractivity contribution in [3.05, 3.63) is 60.3 Å². The Morgan fingerprint density at radius 3 is 2.44 bits per heavy atom. The zero-order chi connectivity index (χ0) is 19.0. The van der Waals surface area contributed by atoms with E-state index >= 15 is 0 Å². The molecule has 0 saturated carbocycles. The van der Waals surface area contributed by atoms with Gasteiger partial charge in [0, 0.05) is 5.39 Å². The van der Waals surface area contributed by atoms with Crippen molar-refractivity contribution >= 4 is 22.9 Å². The van der Waals surface area contributed by atoms with Gasteiger partial charge < -0.3 is 9.47 Å². The molecular formula is C20H18N2O5. The van der Waals surface area contributed by atoms with Gasteiger partial charge in [-0.1, -0.05) is 18.2 Å². The van der Waals surface area contributed by atoms with Crippen molar-refractivity contribution < 1.29 is 23.9 Å². The molecule has 2 heterocycles. The molecular weight excluding hydrogens is 348 g/mol. The molecule has 0 bridgehead atoms. The van der Waals surface area contributed by atoms with Crippen LogP contribution in [0.5, 0.6) is 11.5 Å². The summed E-state index contributed by atoms with van der Waals surface area (Å²) in [6.07, 6.45) is -0.0259. The molecule has 4 rings (SSSR count). The fourth-order valence-corrected chi connectivity index (χ4v) is 3.35. The Morgan fingerprint density at radius 1 is 1.04 bits per heavy atom. The maximum absolute atomic E-state index is 12.7. The van der Waals surface area contributed by atoms with Gasteiger partial charge in [-0.15, -0.1) is 0 Å². The molecule has 1 aromatic heterocycles. The summed E-state index contributed by atoms with van der Waals surface area (Å²) in [6, 6.07) is 15.3. The normalized spacial score (nSPS) is 15.9. The average molecular weight is 366 g/mol. The third-order valence-corrected chi connectivity index (χ3v) is 4.59. The molecule has 0 spiro atoms. The number of carbonyl (C=O) groups excluding carboxylic acids is 2. The lowest BCUT2D eigenvalue weighted by Crippen LogP contribution is -2.30. The van der Waals surface area contributed by atoms with Crippen LogP contribution in [-0.4, -0.2) is 35.9 Å². The SMILES string of the molecule is COc1ccc(OC(=O)CC2c3cc4ccccc4n3C(=O)N2OC)cc1. The summed E-state index contributed by atoms with van der Waals surface area (Å²) in [6.45, 7) is 0. The second kappa shape index (κ2) is 6.77. The number of para-hydroxylation sites is 1. The Hall–Kier alpha value is -3.32. The number of esters is 1. The number of methoxy groups -OCH3 is 1. The summed E-state index contributed by atoms with van der Waals surface area (Å²) < 4.78 is 12.1. The van der Waals surface area contributed by atoms with Gasteiger partial charge >= 0.3 is 12.0 Å². The lowest BCUT2D eigenvalue weighted by molar-refractivity contribution is -0.143. The van der Waals surface area contributed by atoms with E-state index in [1.807, 2.05) is 30.3 Å². The van der Waals surface area contributed by atoms with Gasteiger partial charge in [-0.05, 0) is 36.4 Å². The van der Waals surface area contributed by atoms with E-state index in [-0.39, 0.29) is 12.5 Å². The maximum atomic E-state index is 12.7. The molecule has 1 unspecified atom stereocenters. The minimum atomic E-state index is -0.555. The summed E-state index contributed by atoms with van der Waals surface area (Å²) >= 11 is 0. The van der Waals surface area contributed by atoms with Crippen LogP contribution in [0.15, 0.2) is 54.6 Å². The number of aromatic nitrogens is 1. The Kier molecular flexibility index (Phi) is 4.29. The lowest BCUT2D eigenvalue weighted by atomic mass is 10.1. The number of hydrogen-bond donors (Lipinski definition) is 0. The van der Waals surface area contributed by atoms with Crippen LogP contribution in [-0.2, 0) is 9.63 Å². The first-order chi connectivity index (χ1) is 13.1. The number of hydroxylamine groups is 2. The number of nitrogens with zero attached hydrogens (tertiary/aromatic N) is 2. The molecule has 3 aromatic rings. The molecule has 0 radical (unpaired) electrons. The standard InChI is InChI=1S/C20H18N2O5/c1-25-14-7-9-15(10-8-14)27-19(23)12-18-17-11-13-5-3-4-6-16(13)21(17)20(24)22(18)26-2/h3-11,18H,12H2,1-2H3. The number of rotatable bonds is 5. The van der Waals surface area contributed by atoms with Crippen molar-refractivity contribution in [2.75, 3.05) is 14.2 Å². The zero-order valence-corrected chi connectivity index (χ0v) is 14.9. The fourth-order valence-electron chi connectivity index (χ4n) is 3.35. The molecule has 1 atom stereocenters. The van der Waals surface area contributed by atoms with E-state index in [9.17, 15) is 9.59 Å². The highest BCUT2D eigenvalue weighted by Crippen LogP contribution is 2.37. The van der Waals surface area contributed by atoms with E-state index in [4.69, 9.17) is 14.3 Å². The minimum Gasteiger partial charge on any atom is -0.497 e. The zero-order valence-electron chi connectivity index (χ0n) is 14.9. The summed E-state index contributed by atoms with van der Waals surface area (Å²) in [5, 5.41) is 2.14. The van der Waals surface area contributed by atoms with Gasteiger partial charge in [-0.25, -0.2) is 4.79 Å². The molecule has 0 N–H and O–H groups in total. The van der Waals surface area contributed by atoms with E-state index in [0.717, 1.165) is 10.9 Å². The number of ether oxygens (including phenoxy) is 2. The molecule has 1 amide bonds. The van der Waals surface area contributed by atoms with Crippen LogP contribution in [0, 0.1) is 0 Å². The molecule has 2 aromatic carbocycles. The van der Waals surface area contributed by atoms with E-state index in [2.05, 4.69) is 0 Å². The molecule has 0 saturated heterocycles. The number of benzene rings is 2. The molecule has 7 nitrogen and oxygen atoms in total. The van der Waals surface area contributed by atoms with Gasteiger partial charge in [-0.3, -0.25) is 14.2 Å². The maximum Gasteiger partial charge on any atom is 0.353 e. The minimum absolute atomic E-state index is 0.0259. The van der Waals surface area contributed by atoms with Crippen LogP contribution < -0.4 is 9.47 Å². The van der Waals surface area contributed by atoms with Crippen LogP contribution in [0.1, 0.15) is 18.2 Å². The third-order valence-electron chi connectivity index (χ3n) is 4.59. The third kappa shape index (κ3) is 2.92. The monoisotopic (exact) mass is 366 g/mol. The second-order valence-electron chi connectivity index (χ2n) is 6.12. The van der Waals surface area contributed by atoms with Crippen molar-refractivity contribution in [1.29, 1.82) is 0 Å². The summed E-state index contributed by atoms with van der Waals surface area (Å²) in [5.41, 5.74) is 1.49. The second-order valence-corrected chi connectivity index (χ2v) is 6.12. The first-order valence-electron chi connectivity index (χ1n) is 8.45. The van der Waals surface area contributed by atoms with E-state index in [1.165, 1.54) is 12.2 Å². The number of carbonyl (C=O) groups is 2.